The lowest BCUT2D eigenvalue weighted by Crippen LogP contribution is -2.39. The molecule has 0 saturated carbocycles. The number of carbonyl (C=O) groups is 1. The van der Waals surface area contributed by atoms with Crippen LogP contribution in [0.1, 0.15) is 54.2 Å². The van der Waals surface area contributed by atoms with Crippen LogP contribution in [0.5, 0.6) is 0 Å². The third kappa shape index (κ3) is 3.58. The minimum Gasteiger partial charge on any atom is -0.372 e. The number of imidazole rings is 1. The monoisotopic (exact) mass is 372 g/mol. The van der Waals surface area contributed by atoms with Crippen molar-refractivity contribution < 1.29 is 4.79 Å². The molecule has 2 aliphatic rings. The number of amides is 1. The largest absolute Gasteiger partial charge is 0.372 e. The Hall–Kier alpha value is -2.01. The topological polar surface area (TPSA) is 52.2 Å². The summed E-state index contributed by atoms with van der Waals surface area (Å²) in [6.45, 7) is 3.58. The quantitative estimate of drug-likeness (QED) is 0.883. The number of halogens is 1. The molecule has 4 rings (SSSR count). The molecule has 2 aromatic rings. The zero-order chi connectivity index (χ0) is 17.9. The van der Waals surface area contributed by atoms with Crippen LogP contribution in [0.25, 0.3) is 0 Å². The van der Waals surface area contributed by atoms with Crippen LogP contribution in [0.15, 0.2) is 30.6 Å². The number of hydrogen-bond donors (Lipinski definition) is 1. The van der Waals surface area contributed by atoms with E-state index in [0.717, 1.165) is 44.0 Å². The summed E-state index contributed by atoms with van der Waals surface area (Å²) in [4.78, 5) is 25.0. The third-order valence-electron chi connectivity index (χ3n) is 5.52. The van der Waals surface area contributed by atoms with Crippen molar-refractivity contribution in [3.8, 4) is 0 Å². The van der Waals surface area contributed by atoms with Crippen molar-refractivity contribution in [1.29, 1.82) is 0 Å². The molecule has 1 N–H and O–H groups in total. The molecule has 6 heteroatoms. The van der Waals surface area contributed by atoms with E-state index >= 15 is 0 Å². The van der Waals surface area contributed by atoms with Crippen molar-refractivity contribution in [2.45, 2.75) is 38.0 Å². The maximum absolute atomic E-state index is 13.2. The Bertz CT molecular complexity index is 755. The van der Waals surface area contributed by atoms with Crippen molar-refractivity contribution in [1.82, 2.24) is 14.9 Å². The Morgan fingerprint density at radius 2 is 2.00 bits per heavy atom. The summed E-state index contributed by atoms with van der Waals surface area (Å²) in [5, 5.41) is 0.538. The lowest BCUT2D eigenvalue weighted by Gasteiger charge is -2.33. The highest BCUT2D eigenvalue weighted by Gasteiger charge is 2.28. The second-order valence-electron chi connectivity index (χ2n) is 7.28. The van der Waals surface area contributed by atoms with E-state index in [1.807, 2.05) is 29.3 Å². The molecule has 0 aliphatic carbocycles. The van der Waals surface area contributed by atoms with E-state index in [2.05, 4.69) is 14.9 Å². The minimum atomic E-state index is 0.0325. The van der Waals surface area contributed by atoms with Crippen LogP contribution >= 0.6 is 11.6 Å². The van der Waals surface area contributed by atoms with Gasteiger partial charge < -0.3 is 14.8 Å². The normalized spacial score (nSPS) is 21.0. The summed E-state index contributed by atoms with van der Waals surface area (Å²) in [7, 11) is 0. The number of rotatable bonds is 3. The number of nitrogens with zero attached hydrogens (tertiary/aromatic N) is 3. The van der Waals surface area contributed by atoms with E-state index in [4.69, 9.17) is 11.6 Å². The van der Waals surface area contributed by atoms with Crippen LogP contribution in [0, 0.1) is 0 Å². The molecular formula is C20H25ClN4O. The molecule has 1 aromatic carbocycles. The Balaban J connectivity index is 1.53. The number of aromatic nitrogens is 2. The van der Waals surface area contributed by atoms with Gasteiger partial charge in [0.25, 0.3) is 5.91 Å². The van der Waals surface area contributed by atoms with Gasteiger partial charge in [-0.3, -0.25) is 4.79 Å². The Kier molecular flexibility index (Phi) is 5.16. The number of nitrogens with one attached hydrogen (secondary N) is 1. The highest BCUT2D eigenvalue weighted by molar-refractivity contribution is 6.34. The first-order chi connectivity index (χ1) is 12.7. The predicted molar refractivity (Wildman–Crippen MR) is 104 cm³/mol. The zero-order valence-corrected chi connectivity index (χ0v) is 15.7. The first kappa shape index (κ1) is 17.4. The van der Waals surface area contributed by atoms with Crippen LogP contribution in [0.2, 0.25) is 5.02 Å². The first-order valence-electron chi connectivity index (χ1n) is 9.55. The summed E-state index contributed by atoms with van der Waals surface area (Å²) < 4.78 is 0. The van der Waals surface area contributed by atoms with Crippen LogP contribution < -0.4 is 4.90 Å². The number of aromatic amines is 1. The summed E-state index contributed by atoms with van der Waals surface area (Å²) in [5.41, 5.74) is 1.73. The van der Waals surface area contributed by atoms with Crippen LogP contribution in [0.4, 0.5) is 5.69 Å². The highest BCUT2D eigenvalue weighted by Crippen LogP contribution is 2.30. The fourth-order valence-corrected chi connectivity index (χ4v) is 4.28. The number of likely N-dealkylation sites (tertiary alicyclic amines) is 1. The molecule has 138 valence electrons. The van der Waals surface area contributed by atoms with Crippen LogP contribution in [0.3, 0.4) is 0 Å². The molecule has 3 heterocycles. The van der Waals surface area contributed by atoms with Gasteiger partial charge in [0, 0.05) is 50.2 Å². The number of H-pyrrole nitrogens is 1. The second kappa shape index (κ2) is 7.70. The van der Waals surface area contributed by atoms with Crippen LogP contribution in [-0.4, -0.2) is 47.0 Å². The zero-order valence-electron chi connectivity index (χ0n) is 15.0. The predicted octanol–water partition coefficient (Wildman–Crippen LogP) is 4.07. The number of hydrogen-bond acceptors (Lipinski definition) is 3. The molecule has 26 heavy (non-hydrogen) atoms. The molecular weight excluding hydrogens is 348 g/mol. The van der Waals surface area contributed by atoms with Crippen molar-refractivity contribution >= 4 is 23.2 Å². The number of benzene rings is 1. The Morgan fingerprint density at radius 1 is 1.15 bits per heavy atom. The molecule has 2 fully saturated rings. The van der Waals surface area contributed by atoms with E-state index in [-0.39, 0.29) is 11.8 Å². The van der Waals surface area contributed by atoms with Crippen molar-refractivity contribution in [2.75, 3.05) is 31.1 Å². The van der Waals surface area contributed by atoms with Gasteiger partial charge in [-0.25, -0.2) is 4.98 Å². The van der Waals surface area contributed by atoms with Gasteiger partial charge in [0.1, 0.15) is 5.82 Å². The smallest absolute Gasteiger partial charge is 0.255 e. The van der Waals surface area contributed by atoms with E-state index in [1.165, 1.54) is 19.3 Å². The lowest BCUT2D eigenvalue weighted by atomic mass is 9.96. The van der Waals surface area contributed by atoms with E-state index in [0.29, 0.717) is 17.1 Å². The fourth-order valence-electron chi connectivity index (χ4n) is 4.08. The van der Waals surface area contributed by atoms with Gasteiger partial charge in [-0.2, -0.15) is 0 Å². The van der Waals surface area contributed by atoms with Gasteiger partial charge in [0.05, 0.1) is 10.6 Å². The standard InChI is InChI=1S/C20H25ClN4O/c21-18-7-6-16(24-10-2-1-3-11-24)13-17(18)20(26)25-12-4-5-15(14-25)19-22-8-9-23-19/h6-9,13,15H,1-5,10-12,14H2,(H,22,23)/t15-/m1/s1. The van der Waals surface area contributed by atoms with Gasteiger partial charge in [-0.15, -0.1) is 0 Å². The van der Waals surface area contributed by atoms with Crippen molar-refractivity contribution in [3.05, 3.63) is 47.0 Å². The summed E-state index contributed by atoms with van der Waals surface area (Å²) in [6.07, 6.45) is 9.37. The summed E-state index contributed by atoms with van der Waals surface area (Å²) in [5.74, 6) is 1.27. The molecule has 0 spiro atoms. The second-order valence-corrected chi connectivity index (χ2v) is 7.68. The maximum Gasteiger partial charge on any atom is 0.255 e. The van der Waals surface area contributed by atoms with Gasteiger partial charge in [-0.05, 0) is 50.3 Å². The molecule has 1 aromatic heterocycles. The molecule has 5 nitrogen and oxygen atoms in total. The van der Waals surface area contributed by atoms with Crippen molar-refractivity contribution in [3.63, 3.8) is 0 Å². The van der Waals surface area contributed by atoms with Gasteiger partial charge in [0.2, 0.25) is 0 Å². The average Bonchev–Trinajstić information content (AvgIpc) is 3.23. The van der Waals surface area contributed by atoms with Crippen molar-refractivity contribution in [2.24, 2.45) is 0 Å². The SMILES string of the molecule is O=C(c1cc(N2CCCCC2)ccc1Cl)N1CCC[C@@H](c2ncc[nH]2)C1. The van der Waals surface area contributed by atoms with Gasteiger partial charge in [-0.1, -0.05) is 11.6 Å². The highest BCUT2D eigenvalue weighted by atomic mass is 35.5. The number of anilines is 1. The van der Waals surface area contributed by atoms with Gasteiger partial charge in [0.15, 0.2) is 0 Å². The maximum atomic E-state index is 13.2. The number of piperidine rings is 2. The third-order valence-corrected chi connectivity index (χ3v) is 5.85. The van der Waals surface area contributed by atoms with Crippen LogP contribution in [-0.2, 0) is 0 Å². The average molecular weight is 373 g/mol. The fraction of sp³-hybridized carbons (Fsp3) is 0.500. The molecule has 0 unspecified atom stereocenters. The summed E-state index contributed by atoms with van der Waals surface area (Å²) in [6, 6.07) is 5.88. The van der Waals surface area contributed by atoms with E-state index < -0.39 is 0 Å². The van der Waals surface area contributed by atoms with Gasteiger partial charge >= 0.3 is 0 Å². The molecule has 2 aliphatic heterocycles. The molecule has 1 atom stereocenters. The Morgan fingerprint density at radius 3 is 2.77 bits per heavy atom. The van der Waals surface area contributed by atoms with E-state index in [9.17, 15) is 4.79 Å². The summed E-state index contributed by atoms with van der Waals surface area (Å²) >= 11 is 6.40. The number of carbonyl (C=O) groups excluding carboxylic acids is 1. The Labute approximate surface area is 159 Å². The minimum absolute atomic E-state index is 0.0325. The molecule has 0 radical (unpaired) electrons. The molecule has 1 amide bonds. The first-order valence-corrected chi connectivity index (χ1v) is 9.93. The molecule has 0 bridgehead atoms. The lowest BCUT2D eigenvalue weighted by molar-refractivity contribution is 0.0705. The molecule has 2 saturated heterocycles. The van der Waals surface area contributed by atoms with E-state index in [1.54, 1.807) is 6.20 Å².